The normalized spacial score (nSPS) is 10.6. The van der Waals surface area contributed by atoms with Crippen LogP contribution in [0.5, 0.6) is 0 Å². The Labute approximate surface area is 91.9 Å². The molecule has 1 aromatic rings. The maximum absolute atomic E-state index is 5.47. The standard InChI is InChI=1S/C12H20N2O/c1-11(2)10-15-9-5-8-14-12-6-3-4-7-13-12/h3-4,6-7,11H,5,8-10H2,1-2H3,(H,13,14). The second-order valence-electron chi connectivity index (χ2n) is 3.96. The highest BCUT2D eigenvalue weighted by molar-refractivity contribution is 5.32. The summed E-state index contributed by atoms with van der Waals surface area (Å²) in [7, 11) is 0. The monoisotopic (exact) mass is 208 g/mol. The molecule has 0 radical (unpaired) electrons. The van der Waals surface area contributed by atoms with Gasteiger partial charge in [-0.2, -0.15) is 0 Å². The fourth-order valence-corrected chi connectivity index (χ4v) is 1.18. The maximum Gasteiger partial charge on any atom is 0.125 e. The van der Waals surface area contributed by atoms with E-state index in [1.165, 1.54) is 0 Å². The van der Waals surface area contributed by atoms with E-state index in [-0.39, 0.29) is 0 Å². The number of aromatic nitrogens is 1. The van der Waals surface area contributed by atoms with E-state index in [4.69, 9.17) is 4.74 Å². The molecule has 1 rings (SSSR count). The van der Waals surface area contributed by atoms with Gasteiger partial charge < -0.3 is 10.1 Å². The number of ether oxygens (including phenoxy) is 1. The van der Waals surface area contributed by atoms with E-state index in [1.807, 2.05) is 18.2 Å². The SMILES string of the molecule is CC(C)COCCCNc1ccccn1. The van der Waals surface area contributed by atoms with Gasteiger partial charge in [-0.25, -0.2) is 4.98 Å². The van der Waals surface area contributed by atoms with Crippen molar-refractivity contribution in [3.8, 4) is 0 Å². The van der Waals surface area contributed by atoms with E-state index in [0.717, 1.165) is 32.0 Å². The average Bonchev–Trinajstić information content (AvgIpc) is 2.24. The largest absolute Gasteiger partial charge is 0.381 e. The minimum absolute atomic E-state index is 0.619. The van der Waals surface area contributed by atoms with Gasteiger partial charge in [0.05, 0.1) is 0 Å². The van der Waals surface area contributed by atoms with E-state index in [1.54, 1.807) is 6.20 Å². The van der Waals surface area contributed by atoms with Crippen LogP contribution in [0.1, 0.15) is 20.3 Å². The molecule has 0 spiro atoms. The van der Waals surface area contributed by atoms with Gasteiger partial charge in [-0.05, 0) is 24.5 Å². The number of anilines is 1. The van der Waals surface area contributed by atoms with E-state index in [0.29, 0.717) is 5.92 Å². The van der Waals surface area contributed by atoms with Crippen molar-refractivity contribution in [3.63, 3.8) is 0 Å². The summed E-state index contributed by atoms with van der Waals surface area (Å²) in [6, 6.07) is 5.86. The van der Waals surface area contributed by atoms with Crippen molar-refractivity contribution in [2.45, 2.75) is 20.3 Å². The van der Waals surface area contributed by atoms with Crippen LogP contribution in [0, 0.1) is 5.92 Å². The van der Waals surface area contributed by atoms with Gasteiger partial charge >= 0.3 is 0 Å². The topological polar surface area (TPSA) is 34.1 Å². The second-order valence-corrected chi connectivity index (χ2v) is 3.96. The Morgan fingerprint density at radius 1 is 1.40 bits per heavy atom. The lowest BCUT2D eigenvalue weighted by Crippen LogP contribution is -2.09. The summed E-state index contributed by atoms with van der Waals surface area (Å²) < 4.78 is 5.47. The third-order valence-corrected chi connectivity index (χ3v) is 1.89. The molecule has 15 heavy (non-hydrogen) atoms. The number of rotatable bonds is 7. The molecule has 0 aromatic carbocycles. The van der Waals surface area contributed by atoms with Gasteiger partial charge in [0.15, 0.2) is 0 Å². The number of nitrogens with zero attached hydrogens (tertiary/aromatic N) is 1. The van der Waals surface area contributed by atoms with Crippen LogP contribution in [0.15, 0.2) is 24.4 Å². The summed E-state index contributed by atoms with van der Waals surface area (Å²) >= 11 is 0. The van der Waals surface area contributed by atoms with Crippen LogP contribution in [0.3, 0.4) is 0 Å². The fourth-order valence-electron chi connectivity index (χ4n) is 1.18. The van der Waals surface area contributed by atoms with Gasteiger partial charge in [0, 0.05) is 26.0 Å². The smallest absolute Gasteiger partial charge is 0.125 e. The lowest BCUT2D eigenvalue weighted by atomic mass is 10.2. The Balaban J connectivity index is 1.98. The molecule has 1 aromatic heterocycles. The van der Waals surface area contributed by atoms with Crippen molar-refractivity contribution in [1.29, 1.82) is 0 Å². The third-order valence-electron chi connectivity index (χ3n) is 1.89. The predicted octanol–water partition coefficient (Wildman–Crippen LogP) is 2.56. The highest BCUT2D eigenvalue weighted by atomic mass is 16.5. The van der Waals surface area contributed by atoms with E-state index in [9.17, 15) is 0 Å². The highest BCUT2D eigenvalue weighted by Gasteiger charge is 1.94. The van der Waals surface area contributed by atoms with Crippen LogP contribution in [0.2, 0.25) is 0 Å². The first-order chi connectivity index (χ1) is 7.29. The summed E-state index contributed by atoms with van der Waals surface area (Å²) in [6.45, 7) is 6.90. The number of hydrogen-bond acceptors (Lipinski definition) is 3. The van der Waals surface area contributed by atoms with Crippen molar-refractivity contribution in [1.82, 2.24) is 4.98 Å². The molecular formula is C12H20N2O. The molecule has 1 heterocycles. The van der Waals surface area contributed by atoms with Gasteiger partial charge in [-0.3, -0.25) is 0 Å². The van der Waals surface area contributed by atoms with Crippen molar-refractivity contribution >= 4 is 5.82 Å². The highest BCUT2D eigenvalue weighted by Crippen LogP contribution is 1.99. The Bertz CT molecular complexity index is 249. The average molecular weight is 208 g/mol. The van der Waals surface area contributed by atoms with Crippen molar-refractivity contribution < 1.29 is 4.74 Å². The first-order valence-electron chi connectivity index (χ1n) is 5.51. The Morgan fingerprint density at radius 2 is 2.27 bits per heavy atom. The van der Waals surface area contributed by atoms with Crippen LogP contribution >= 0.6 is 0 Å². The first kappa shape index (κ1) is 12.0. The van der Waals surface area contributed by atoms with Crippen LogP contribution in [-0.4, -0.2) is 24.7 Å². The molecule has 0 saturated carbocycles. The molecule has 0 amide bonds. The van der Waals surface area contributed by atoms with Crippen LogP contribution in [-0.2, 0) is 4.74 Å². The lowest BCUT2D eigenvalue weighted by molar-refractivity contribution is 0.110. The lowest BCUT2D eigenvalue weighted by Gasteiger charge is -2.07. The van der Waals surface area contributed by atoms with Crippen LogP contribution < -0.4 is 5.32 Å². The van der Waals surface area contributed by atoms with Crippen LogP contribution in [0.25, 0.3) is 0 Å². The molecular weight excluding hydrogens is 188 g/mol. The number of nitrogens with one attached hydrogen (secondary N) is 1. The van der Waals surface area contributed by atoms with Crippen molar-refractivity contribution in [2.75, 3.05) is 25.1 Å². The Morgan fingerprint density at radius 3 is 2.93 bits per heavy atom. The van der Waals surface area contributed by atoms with Crippen molar-refractivity contribution in [2.24, 2.45) is 5.92 Å². The molecule has 0 aliphatic rings. The molecule has 1 N–H and O–H groups in total. The zero-order valence-corrected chi connectivity index (χ0v) is 9.57. The van der Waals surface area contributed by atoms with Gasteiger partial charge in [0.25, 0.3) is 0 Å². The first-order valence-corrected chi connectivity index (χ1v) is 5.51. The molecule has 0 fully saturated rings. The third kappa shape index (κ3) is 6.07. The second kappa shape index (κ2) is 7.23. The fraction of sp³-hybridized carbons (Fsp3) is 0.583. The molecule has 0 unspecified atom stereocenters. The molecule has 0 atom stereocenters. The van der Waals surface area contributed by atoms with E-state index < -0.39 is 0 Å². The van der Waals surface area contributed by atoms with E-state index in [2.05, 4.69) is 24.1 Å². The summed E-state index contributed by atoms with van der Waals surface area (Å²) in [5.74, 6) is 1.55. The Kier molecular flexibility index (Phi) is 5.78. The Hall–Kier alpha value is -1.09. The molecule has 0 aliphatic carbocycles. The van der Waals surface area contributed by atoms with Gasteiger partial charge in [0.2, 0.25) is 0 Å². The van der Waals surface area contributed by atoms with Gasteiger partial charge in [-0.15, -0.1) is 0 Å². The maximum atomic E-state index is 5.47. The minimum atomic E-state index is 0.619. The van der Waals surface area contributed by atoms with Crippen molar-refractivity contribution in [3.05, 3.63) is 24.4 Å². The quantitative estimate of drug-likeness (QED) is 0.699. The van der Waals surface area contributed by atoms with E-state index >= 15 is 0 Å². The number of pyridine rings is 1. The molecule has 0 aliphatic heterocycles. The minimum Gasteiger partial charge on any atom is -0.381 e. The zero-order valence-electron chi connectivity index (χ0n) is 9.57. The summed E-state index contributed by atoms with van der Waals surface area (Å²) in [5.41, 5.74) is 0. The number of hydrogen-bond donors (Lipinski definition) is 1. The molecule has 0 saturated heterocycles. The van der Waals surface area contributed by atoms with Gasteiger partial charge in [-0.1, -0.05) is 19.9 Å². The summed E-state index contributed by atoms with van der Waals surface area (Å²) in [5, 5.41) is 3.24. The van der Waals surface area contributed by atoms with Crippen LogP contribution in [0.4, 0.5) is 5.82 Å². The summed E-state index contributed by atoms with van der Waals surface area (Å²) in [6.07, 6.45) is 2.81. The summed E-state index contributed by atoms with van der Waals surface area (Å²) in [4.78, 5) is 4.17. The predicted molar refractivity (Wildman–Crippen MR) is 63.0 cm³/mol. The zero-order chi connectivity index (χ0) is 10.9. The van der Waals surface area contributed by atoms with Gasteiger partial charge in [0.1, 0.15) is 5.82 Å². The molecule has 3 heteroatoms. The molecule has 3 nitrogen and oxygen atoms in total. The molecule has 0 bridgehead atoms. The molecule has 84 valence electrons.